The highest BCUT2D eigenvalue weighted by molar-refractivity contribution is 7.00. The average molecular weight is 1510 g/mol. The summed E-state index contributed by atoms with van der Waals surface area (Å²) in [6, 6.07) is 53.7. The molecule has 13 aromatic carbocycles. The Morgan fingerprint density at radius 3 is 0.807 bits per heavy atom. The van der Waals surface area contributed by atoms with E-state index in [0.29, 0.717) is 42.0 Å². The Morgan fingerprint density at radius 1 is 0.281 bits per heavy atom. The zero-order valence-electron chi connectivity index (χ0n) is 86.2. The van der Waals surface area contributed by atoms with Crippen LogP contribution in [0.4, 0.5) is 34.1 Å². The maximum Gasteiger partial charge on any atom is 0.252 e. The summed E-state index contributed by atoms with van der Waals surface area (Å²) < 4.78 is 157. The van der Waals surface area contributed by atoms with Gasteiger partial charge in [0.05, 0.1) is 55.4 Å². The quantitative estimate of drug-likeness (QED) is 0.120. The standard InChI is InChI=1S/C109H113BN4/c1-103(2,3)66-69-54-86(72-34-30-38-76(60-72)106(10,11)12)101(87(55-69)73-35-31-39-77(61-73)107(13,14)15)113-96-64-80(111-92-46-26-22-42-82(92)83-43-23-27-47-93(83)111)50-52-90(96)110-91-53-51-81(112-94-48-28-24-44-84(94)85-45-25-29-49-95(85)112)65-97(91)114(99-59-71(68-105(7,8)9)58-98(113)100(99)110)102-88(74-36-32-40-78(62-74)108(16,17)18)56-70(67-104(4,5)6)57-89(102)75-37-33-41-79(63-75)109(19,20)21/h22-65H,66-68H2,1-21H3/i22D,23D,24D,25D,26D,27D,28D,29D,42D,43D,44D,45D,46D,47D,48D,49D. The molecule has 0 bridgehead atoms. The fraction of sp³-hybridized carbons (Fsp3) is 0.284. The highest BCUT2D eigenvalue weighted by Gasteiger charge is 2.47. The van der Waals surface area contributed by atoms with Gasteiger partial charge in [0, 0.05) is 77.9 Å². The molecule has 0 saturated heterocycles. The molecule has 17 rings (SSSR count). The number of fused-ring (bicyclic) bond motifs is 10. The number of rotatable bonds is 11. The number of benzene rings is 13. The third kappa shape index (κ3) is 13.9. The number of para-hydroxylation sites is 4. The summed E-state index contributed by atoms with van der Waals surface area (Å²) in [7, 11) is 0. The lowest BCUT2D eigenvalue weighted by Crippen LogP contribution is -2.61. The van der Waals surface area contributed by atoms with E-state index in [1.54, 1.807) is 9.13 Å². The predicted molar refractivity (Wildman–Crippen MR) is 495 cm³/mol. The molecule has 0 N–H and O–H groups in total. The molecule has 0 fully saturated rings. The second-order valence-electron chi connectivity index (χ2n) is 39.8. The molecule has 0 unspecified atom stereocenters. The minimum atomic E-state index is -0.782. The summed E-state index contributed by atoms with van der Waals surface area (Å²) in [4.78, 5) is 4.86. The van der Waals surface area contributed by atoms with Crippen molar-refractivity contribution in [3.05, 3.63) is 305 Å². The van der Waals surface area contributed by atoms with E-state index in [0.717, 1.165) is 123 Å². The summed E-state index contributed by atoms with van der Waals surface area (Å²) in [6.45, 7) is 46.3. The molecule has 0 atom stereocenters. The van der Waals surface area contributed by atoms with Crippen LogP contribution in [0, 0.1) is 16.2 Å². The summed E-state index contributed by atoms with van der Waals surface area (Å²) >= 11 is 0. The van der Waals surface area contributed by atoms with Crippen LogP contribution in [-0.4, -0.2) is 15.8 Å². The van der Waals surface area contributed by atoms with Gasteiger partial charge in [-0.15, -0.1) is 0 Å². The van der Waals surface area contributed by atoms with Gasteiger partial charge in [0.25, 0.3) is 6.71 Å². The van der Waals surface area contributed by atoms with Gasteiger partial charge >= 0.3 is 0 Å². The SMILES string of the molecule is [2H]c1c([2H])c([2H])c2c(c1[2H])c1c([2H])c([2H])c([2H])c([2H])c1n2-c1ccc2c(c1)N(c1c(-c3cccc(C(C)(C)C)c3)cc(CC(C)(C)C)cc1-c1cccc(C(C)(C)C)c1)c1cc(CC(C)(C)C)cc3c1B2c1ccc(-n2c4c([2H])c([2H])c([2H])c([2H])c4c4c([2H])c([2H])c([2H])c([2H])c42)cc1N3c1c(-c2cccc(C(C)(C)C)c2)cc(CC(C)(C)C)cc1-c1cccc(C(C)(C)C)c1. The van der Waals surface area contributed by atoms with E-state index in [4.69, 9.17) is 0 Å². The number of aromatic nitrogens is 2. The van der Waals surface area contributed by atoms with Crippen molar-refractivity contribution in [2.24, 2.45) is 16.2 Å². The Bertz CT molecular complexity index is 6610. The first-order valence-electron chi connectivity index (χ1n) is 48.4. The minimum Gasteiger partial charge on any atom is -0.310 e. The lowest BCUT2D eigenvalue weighted by molar-refractivity contribution is 0.411. The number of hydrogen-bond acceptors (Lipinski definition) is 2. The van der Waals surface area contributed by atoms with Gasteiger partial charge in [-0.05, 0) is 220 Å². The molecule has 114 heavy (non-hydrogen) atoms. The first-order chi connectivity index (χ1) is 60.5. The molecule has 2 aliphatic rings. The molecular formula is C109H113BN4. The van der Waals surface area contributed by atoms with Crippen LogP contribution in [0.25, 0.3) is 99.5 Å². The Hall–Kier alpha value is -10.9. The van der Waals surface area contributed by atoms with Gasteiger partial charge in [-0.2, -0.15) is 0 Å². The van der Waals surface area contributed by atoms with Crippen molar-refractivity contribution >= 4 is 101 Å². The molecular weight excluding hydrogens is 1380 g/mol. The molecule has 0 amide bonds. The first kappa shape index (κ1) is 58.9. The largest absolute Gasteiger partial charge is 0.310 e. The van der Waals surface area contributed by atoms with Crippen molar-refractivity contribution in [1.82, 2.24) is 9.13 Å². The lowest BCUT2D eigenvalue weighted by atomic mass is 9.33. The van der Waals surface area contributed by atoms with Crippen molar-refractivity contribution in [1.29, 1.82) is 0 Å². The summed E-state index contributed by atoms with van der Waals surface area (Å²) in [5, 5.41) is -0.249. The van der Waals surface area contributed by atoms with Gasteiger partial charge in [-0.1, -0.05) is 327 Å². The van der Waals surface area contributed by atoms with Crippen LogP contribution in [0.1, 0.15) is 206 Å². The maximum absolute atomic E-state index is 10.1. The van der Waals surface area contributed by atoms with Crippen LogP contribution in [0.5, 0.6) is 0 Å². The van der Waals surface area contributed by atoms with E-state index in [1.165, 1.54) is 0 Å². The van der Waals surface area contributed by atoms with Crippen molar-refractivity contribution in [2.75, 3.05) is 9.80 Å². The molecule has 2 aliphatic heterocycles. The minimum absolute atomic E-state index is 0.0384. The van der Waals surface area contributed by atoms with Gasteiger partial charge in [0.15, 0.2) is 0 Å². The van der Waals surface area contributed by atoms with Crippen LogP contribution >= 0.6 is 0 Å². The lowest BCUT2D eigenvalue weighted by Gasteiger charge is -2.46. The van der Waals surface area contributed by atoms with E-state index in [9.17, 15) is 21.9 Å². The van der Waals surface area contributed by atoms with E-state index < -0.39 is 109 Å². The molecule has 2 aromatic heterocycles. The van der Waals surface area contributed by atoms with Gasteiger partial charge < -0.3 is 18.9 Å². The third-order valence-corrected chi connectivity index (χ3v) is 22.8. The molecule has 15 aromatic rings. The van der Waals surface area contributed by atoms with Crippen molar-refractivity contribution in [3.63, 3.8) is 0 Å². The highest BCUT2D eigenvalue weighted by atomic mass is 15.2. The van der Waals surface area contributed by atoms with E-state index >= 15 is 0 Å². The molecule has 0 saturated carbocycles. The fourth-order valence-electron chi connectivity index (χ4n) is 17.6. The molecule has 572 valence electrons. The Balaban J connectivity index is 1.15. The second-order valence-corrected chi connectivity index (χ2v) is 39.8. The zero-order chi connectivity index (χ0) is 94.2. The number of hydrogen-bond donors (Lipinski definition) is 0. The van der Waals surface area contributed by atoms with Crippen LogP contribution in [0.3, 0.4) is 0 Å². The Labute approximate surface area is 702 Å². The topological polar surface area (TPSA) is 16.3 Å². The maximum atomic E-state index is 10.1. The summed E-state index contributed by atoms with van der Waals surface area (Å²) in [5.41, 5.74) is 20.2. The zero-order valence-corrected chi connectivity index (χ0v) is 70.2. The van der Waals surface area contributed by atoms with Gasteiger partial charge in [0.1, 0.15) is 0 Å². The average Bonchev–Trinajstić information content (AvgIpc) is 1.06. The summed E-state index contributed by atoms with van der Waals surface area (Å²) in [5.74, 6) is 0. The van der Waals surface area contributed by atoms with Crippen LogP contribution in [0.2, 0.25) is 0 Å². The van der Waals surface area contributed by atoms with Crippen molar-refractivity contribution < 1.29 is 21.9 Å². The molecule has 0 spiro atoms. The van der Waals surface area contributed by atoms with Crippen LogP contribution in [-0.2, 0) is 40.9 Å². The van der Waals surface area contributed by atoms with Gasteiger partial charge in [-0.25, -0.2) is 0 Å². The van der Waals surface area contributed by atoms with Gasteiger partial charge in [-0.3, -0.25) is 0 Å². The number of anilines is 6. The summed E-state index contributed by atoms with van der Waals surface area (Å²) in [6.07, 6.45) is 1.88. The molecule has 0 radical (unpaired) electrons. The van der Waals surface area contributed by atoms with E-state index in [1.807, 2.05) is 24.3 Å². The van der Waals surface area contributed by atoms with Crippen molar-refractivity contribution in [2.45, 2.75) is 186 Å². The fourth-order valence-corrected chi connectivity index (χ4v) is 17.6. The second kappa shape index (κ2) is 27.4. The molecule has 4 nitrogen and oxygen atoms in total. The van der Waals surface area contributed by atoms with Gasteiger partial charge in [0.2, 0.25) is 0 Å². The monoisotopic (exact) mass is 1510 g/mol. The van der Waals surface area contributed by atoms with Crippen molar-refractivity contribution in [3.8, 4) is 55.9 Å². The van der Waals surface area contributed by atoms with E-state index in [-0.39, 0.29) is 76.1 Å². The predicted octanol–water partition coefficient (Wildman–Crippen LogP) is 28.6. The normalized spacial score (nSPS) is 15.5. The van der Waals surface area contributed by atoms with Crippen LogP contribution in [0.15, 0.2) is 267 Å². The molecule has 0 aliphatic carbocycles. The Morgan fingerprint density at radius 2 is 0.544 bits per heavy atom. The molecule has 4 heterocycles. The first-order valence-corrected chi connectivity index (χ1v) is 40.4. The van der Waals surface area contributed by atoms with Crippen LogP contribution < -0.4 is 26.2 Å². The number of nitrogens with zero attached hydrogens (tertiary/aromatic N) is 4. The molecule has 5 heteroatoms. The third-order valence-electron chi connectivity index (χ3n) is 22.8. The van der Waals surface area contributed by atoms with E-state index in [2.05, 4.69) is 301 Å². The highest BCUT2D eigenvalue weighted by Crippen LogP contribution is 2.56. The Kier molecular flexibility index (Phi) is 14.2. The smallest absolute Gasteiger partial charge is 0.252 e.